The van der Waals surface area contributed by atoms with Crippen molar-refractivity contribution in [3.63, 3.8) is 0 Å². The van der Waals surface area contributed by atoms with E-state index in [9.17, 15) is 4.39 Å². The van der Waals surface area contributed by atoms with Gasteiger partial charge in [0.1, 0.15) is 5.82 Å². The third-order valence-corrected chi connectivity index (χ3v) is 2.97. The minimum Gasteiger partial charge on any atom is -0.207 e. The van der Waals surface area contributed by atoms with Gasteiger partial charge in [-0.25, -0.2) is 4.39 Å². The molecule has 0 amide bonds. The zero-order valence-electron chi connectivity index (χ0n) is 11.1. The summed E-state index contributed by atoms with van der Waals surface area (Å²) in [5.41, 5.74) is 6.57. The standard InChI is InChI=1S/C18H17F/c1-15(10-12-16-6-3-2-4-7-16)11-13-17-8-5-9-18(19)14-17/h2-9,13-14H,10,12H2,1H3. The number of aryl methyl sites for hydroxylation is 1. The smallest absolute Gasteiger partial charge is 0.123 e. The maximum atomic E-state index is 13.0. The van der Waals surface area contributed by atoms with Crippen molar-refractivity contribution in [1.29, 1.82) is 0 Å². The summed E-state index contributed by atoms with van der Waals surface area (Å²) in [6, 6.07) is 16.9. The zero-order chi connectivity index (χ0) is 13.5. The predicted octanol–water partition coefficient (Wildman–Crippen LogP) is 5.02. The first-order valence-corrected chi connectivity index (χ1v) is 6.46. The van der Waals surface area contributed by atoms with Gasteiger partial charge in [-0.05, 0) is 54.7 Å². The molecular formula is C18H17F. The van der Waals surface area contributed by atoms with Crippen LogP contribution in [0.15, 0.2) is 65.9 Å². The van der Waals surface area contributed by atoms with Crippen LogP contribution in [-0.2, 0) is 6.42 Å². The first-order chi connectivity index (χ1) is 9.24. The van der Waals surface area contributed by atoms with E-state index in [1.54, 1.807) is 6.07 Å². The van der Waals surface area contributed by atoms with Crippen molar-refractivity contribution >= 4 is 6.08 Å². The van der Waals surface area contributed by atoms with Crippen molar-refractivity contribution in [2.75, 3.05) is 0 Å². The molecule has 0 saturated heterocycles. The highest BCUT2D eigenvalue weighted by atomic mass is 19.1. The van der Waals surface area contributed by atoms with Crippen LogP contribution in [0.1, 0.15) is 24.5 Å². The highest BCUT2D eigenvalue weighted by Crippen LogP contribution is 2.09. The molecule has 19 heavy (non-hydrogen) atoms. The van der Waals surface area contributed by atoms with Gasteiger partial charge in [-0.15, -0.1) is 5.73 Å². The fourth-order valence-corrected chi connectivity index (χ4v) is 1.85. The second-order valence-electron chi connectivity index (χ2n) is 4.61. The molecule has 0 N–H and O–H groups in total. The van der Waals surface area contributed by atoms with Crippen LogP contribution >= 0.6 is 0 Å². The topological polar surface area (TPSA) is 0 Å². The molecule has 2 aromatic carbocycles. The van der Waals surface area contributed by atoms with E-state index >= 15 is 0 Å². The van der Waals surface area contributed by atoms with Crippen LogP contribution in [0.3, 0.4) is 0 Å². The van der Waals surface area contributed by atoms with Gasteiger partial charge in [-0.2, -0.15) is 0 Å². The highest BCUT2D eigenvalue weighted by Gasteiger charge is 1.93. The van der Waals surface area contributed by atoms with Crippen LogP contribution in [0.4, 0.5) is 4.39 Å². The van der Waals surface area contributed by atoms with Gasteiger partial charge in [0.05, 0.1) is 0 Å². The molecule has 0 bridgehead atoms. The number of benzene rings is 2. The summed E-state index contributed by atoms with van der Waals surface area (Å²) in [5, 5.41) is 0. The lowest BCUT2D eigenvalue weighted by Crippen LogP contribution is -1.84. The lowest BCUT2D eigenvalue weighted by molar-refractivity contribution is 0.627. The SMILES string of the molecule is CC(=C=Cc1cccc(F)c1)CCc1ccccc1. The largest absolute Gasteiger partial charge is 0.207 e. The Hall–Kier alpha value is -2.11. The summed E-state index contributed by atoms with van der Waals surface area (Å²) in [4.78, 5) is 0. The lowest BCUT2D eigenvalue weighted by Gasteiger charge is -1.99. The molecule has 2 rings (SSSR count). The van der Waals surface area contributed by atoms with Gasteiger partial charge in [0.2, 0.25) is 0 Å². The number of hydrogen-bond donors (Lipinski definition) is 0. The molecule has 96 valence electrons. The summed E-state index contributed by atoms with van der Waals surface area (Å²) in [7, 11) is 0. The van der Waals surface area contributed by atoms with E-state index in [1.807, 2.05) is 18.2 Å². The Kier molecular flexibility index (Phi) is 4.72. The predicted molar refractivity (Wildman–Crippen MR) is 78.3 cm³/mol. The van der Waals surface area contributed by atoms with E-state index in [4.69, 9.17) is 0 Å². The number of rotatable bonds is 4. The van der Waals surface area contributed by atoms with Gasteiger partial charge in [0, 0.05) is 0 Å². The molecule has 0 unspecified atom stereocenters. The molecule has 0 spiro atoms. The van der Waals surface area contributed by atoms with Crippen LogP contribution in [0.25, 0.3) is 6.08 Å². The maximum absolute atomic E-state index is 13.0. The summed E-state index contributed by atoms with van der Waals surface area (Å²) in [6.45, 7) is 2.05. The normalized spacial score (nSPS) is 9.79. The Bertz CT molecular complexity index is 590. The molecule has 0 aliphatic rings. The Morgan fingerprint density at radius 2 is 1.89 bits per heavy atom. The number of hydrogen-bond acceptors (Lipinski definition) is 0. The second kappa shape index (κ2) is 6.72. The van der Waals surface area contributed by atoms with Crippen molar-refractivity contribution < 1.29 is 4.39 Å². The van der Waals surface area contributed by atoms with Crippen LogP contribution in [0.5, 0.6) is 0 Å². The Balaban J connectivity index is 1.99. The van der Waals surface area contributed by atoms with Gasteiger partial charge in [0.15, 0.2) is 0 Å². The molecule has 0 aliphatic heterocycles. The first-order valence-electron chi connectivity index (χ1n) is 6.46. The van der Waals surface area contributed by atoms with E-state index < -0.39 is 0 Å². The molecule has 0 aromatic heterocycles. The summed E-state index contributed by atoms with van der Waals surface area (Å²) >= 11 is 0. The van der Waals surface area contributed by atoms with Crippen LogP contribution in [0, 0.1) is 5.82 Å². The molecule has 0 fully saturated rings. The number of halogens is 1. The molecule has 0 saturated carbocycles. The third-order valence-electron chi connectivity index (χ3n) is 2.97. The molecule has 2 aromatic rings. The van der Waals surface area contributed by atoms with Gasteiger partial charge in [-0.3, -0.25) is 0 Å². The van der Waals surface area contributed by atoms with E-state index in [0.29, 0.717) is 0 Å². The summed E-state index contributed by atoms with van der Waals surface area (Å²) < 4.78 is 13.0. The zero-order valence-corrected chi connectivity index (χ0v) is 11.1. The Morgan fingerprint density at radius 3 is 2.63 bits per heavy atom. The average Bonchev–Trinajstić information content (AvgIpc) is 2.44. The van der Waals surface area contributed by atoms with Gasteiger partial charge in [-0.1, -0.05) is 42.5 Å². The van der Waals surface area contributed by atoms with Crippen LogP contribution in [0.2, 0.25) is 0 Å². The monoisotopic (exact) mass is 252 g/mol. The number of allylic oxidation sites excluding steroid dienone is 1. The van der Waals surface area contributed by atoms with Gasteiger partial charge >= 0.3 is 0 Å². The average molecular weight is 252 g/mol. The molecule has 1 heteroatoms. The van der Waals surface area contributed by atoms with Crippen molar-refractivity contribution in [3.8, 4) is 0 Å². The van der Waals surface area contributed by atoms with Crippen molar-refractivity contribution in [1.82, 2.24) is 0 Å². The van der Waals surface area contributed by atoms with E-state index in [2.05, 4.69) is 36.9 Å². The third kappa shape index (κ3) is 4.57. The molecule has 0 radical (unpaired) electrons. The Morgan fingerprint density at radius 1 is 1.11 bits per heavy atom. The van der Waals surface area contributed by atoms with Gasteiger partial charge in [0.25, 0.3) is 0 Å². The minimum absolute atomic E-state index is 0.211. The molecule has 0 nitrogen and oxygen atoms in total. The first kappa shape index (κ1) is 13.3. The summed E-state index contributed by atoms with van der Waals surface area (Å²) in [6.07, 6.45) is 3.82. The highest BCUT2D eigenvalue weighted by molar-refractivity contribution is 5.49. The molecule has 0 aliphatic carbocycles. The fourth-order valence-electron chi connectivity index (χ4n) is 1.85. The van der Waals surface area contributed by atoms with Crippen molar-refractivity contribution in [2.45, 2.75) is 19.8 Å². The van der Waals surface area contributed by atoms with Crippen LogP contribution in [-0.4, -0.2) is 0 Å². The molecule has 0 heterocycles. The van der Waals surface area contributed by atoms with Gasteiger partial charge < -0.3 is 0 Å². The van der Waals surface area contributed by atoms with Crippen LogP contribution < -0.4 is 0 Å². The quantitative estimate of drug-likeness (QED) is 0.670. The van der Waals surface area contributed by atoms with E-state index in [-0.39, 0.29) is 5.82 Å². The van der Waals surface area contributed by atoms with E-state index in [0.717, 1.165) is 18.4 Å². The fraction of sp³-hybridized carbons (Fsp3) is 0.167. The maximum Gasteiger partial charge on any atom is 0.123 e. The lowest BCUT2D eigenvalue weighted by atomic mass is 10.1. The molecular weight excluding hydrogens is 235 g/mol. The van der Waals surface area contributed by atoms with E-state index in [1.165, 1.54) is 23.3 Å². The second-order valence-corrected chi connectivity index (χ2v) is 4.61. The van der Waals surface area contributed by atoms with Crippen molar-refractivity contribution in [2.24, 2.45) is 0 Å². The van der Waals surface area contributed by atoms with Crippen molar-refractivity contribution in [3.05, 3.63) is 82.8 Å². The molecule has 0 atom stereocenters. The summed E-state index contributed by atoms with van der Waals surface area (Å²) in [5.74, 6) is -0.211. The minimum atomic E-state index is -0.211. The Labute approximate surface area is 113 Å².